The molecule has 0 saturated heterocycles. The fourth-order valence-corrected chi connectivity index (χ4v) is 3.51. The highest BCUT2D eigenvalue weighted by Crippen LogP contribution is 2.23. The lowest BCUT2D eigenvalue weighted by atomic mass is 9.95. The van der Waals surface area contributed by atoms with E-state index in [9.17, 15) is 4.79 Å². The highest BCUT2D eigenvalue weighted by Gasteiger charge is 2.22. The van der Waals surface area contributed by atoms with Crippen molar-refractivity contribution in [1.82, 2.24) is 9.66 Å². The number of thiophene rings is 1. The predicted molar refractivity (Wildman–Crippen MR) is 104 cm³/mol. The van der Waals surface area contributed by atoms with Crippen LogP contribution in [0, 0.1) is 6.92 Å². The van der Waals surface area contributed by atoms with Gasteiger partial charge in [0.15, 0.2) is 0 Å². The van der Waals surface area contributed by atoms with E-state index >= 15 is 0 Å². The summed E-state index contributed by atoms with van der Waals surface area (Å²) in [5.74, 6) is 0.646. The Morgan fingerprint density at radius 3 is 2.67 bits per heavy atom. The van der Waals surface area contributed by atoms with Gasteiger partial charge in [0.25, 0.3) is 5.56 Å². The van der Waals surface area contributed by atoms with Crippen molar-refractivity contribution in [1.29, 1.82) is 0 Å². The van der Waals surface area contributed by atoms with Crippen molar-refractivity contribution in [2.75, 3.05) is 0 Å². The van der Waals surface area contributed by atoms with Gasteiger partial charge in [-0.25, -0.2) is 4.98 Å². The van der Waals surface area contributed by atoms with E-state index in [2.05, 4.69) is 21.0 Å². The SMILES string of the molecule is Cc1ccsc1C=Nn1c(C(C)(C)C)nc2ccc(Br)cc2c1=O. The molecule has 0 aliphatic carbocycles. The van der Waals surface area contributed by atoms with Crippen LogP contribution in [0.3, 0.4) is 0 Å². The van der Waals surface area contributed by atoms with Crippen LogP contribution in [0.25, 0.3) is 10.9 Å². The number of rotatable bonds is 2. The van der Waals surface area contributed by atoms with Gasteiger partial charge in [-0.05, 0) is 42.1 Å². The van der Waals surface area contributed by atoms with Crippen molar-refractivity contribution < 1.29 is 0 Å². The number of halogens is 1. The summed E-state index contributed by atoms with van der Waals surface area (Å²) in [5.41, 5.74) is 1.37. The molecule has 0 atom stereocenters. The van der Waals surface area contributed by atoms with Crippen molar-refractivity contribution >= 4 is 44.4 Å². The van der Waals surface area contributed by atoms with Crippen LogP contribution in [0.4, 0.5) is 0 Å². The highest BCUT2D eigenvalue weighted by atomic mass is 79.9. The molecular weight excluding hydrogens is 386 g/mol. The second-order valence-corrected chi connectivity index (χ2v) is 8.54. The number of hydrogen-bond acceptors (Lipinski definition) is 4. The maximum atomic E-state index is 13.0. The first-order valence-electron chi connectivity index (χ1n) is 7.58. The van der Waals surface area contributed by atoms with E-state index in [1.54, 1.807) is 23.6 Å². The lowest BCUT2D eigenvalue weighted by Gasteiger charge is -2.20. The van der Waals surface area contributed by atoms with Gasteiger partial charge >= 0.3 is 0 Å². The molecule has 0 spiro atoms. The van der Waals surface area contributed by atoms with Crippen molar-refractivity contribution in [2.24, 2.45) is 5.10 Å². The standard InChI is InChI=1S/C18H18BrN3OS/c1-11-7-8-24-15(11)10-20-22-16(23)13-9-12(19)5-6-14(13)21-17(22)18(2,3)4/h5-10H,1-4H3. The number of benzene rings is 1. The second-order valence-electron chi connectivity index (χ2n) is 6.68. The Bertz CT molecular complexity index is 996. The Morgan fingerprint density at radius 2 is 2.04 bits per heavy atom. The minimum atomic E-state index is -0.303. The summed E-state index contributed by atoms with van der Waals surface area (Å²) >= 11 is 5.02. The van der Waals surface area contributed by atoms with Gasteiger partial charge in [-0.2, -0.15) is 9.78 Å². The van der Waals surface area contributed by atoms with Gasteiger partial charge < -0.3 is 0 Å². The van der Waals surface area contributed by atoms with Gasteiger partial charge in [0.1, 0.15) is 5.82 Å². The van der Waals surface area contributed by atoms with E-state index in [-0.39, 0.29) is 11.0 Å². The lowest BCUT2D eigenvalue weighted by Crippen LogP contribution is -2.29. The summed E-state index contributed by atoms with van der Waals surface area (Å²) in [6.45, 7) is 8.12. The first-order valence-corrected chi connectivity index (χ1v) is 9.26. The fourth-order valence-electron chi connectivity index (χ4n) is 2.37. The Kier molecular flexibility index (Phi) is 4.44. The van der Waals surface area contributed by atoms with Gasteiger partial charge in [0.2, 0.25) is 0 Å². The third-order valence-electron chi connectivity index (χ3n) is 3.67. The first-order chi connectivity index (χ1) is 11.3. The van der Waals surface area contributed by atoms with E-state index < -0.39 is 0 Å². The topological polar surface area (TPSA) is 47.2 Å². The fraction of sp³-hybridized carbons (Fsp3) is 0.278. The third-order valence-corrected chi connectivity index (χ3v) is 5.12. The summed E-state index contributed by atoms with van der Waals surface area (Å²) in [6.07, 6.45) is 1.74. The van der Waals surface area contributed by atoms with Crippen LogP contribution >= 0.6 is 27.3 Å². The molecule has 0 bridgehead atoms. The van der Waals surface area contributed by atoms with Gasteiger partial charge in [-0.3, -0.25) is 4.79 Å². The van der Waals surface area contributed by atoms with E-state index in [4.69, 9.17) is 4.98 Å². The third kappa shape index (κ3) is 3.21. The maximum Gasteiger partial charge on any atom is 0.282 e. The van der Waals surface area contributed by atoms with Crippen molar-refractivity contribution in [3.8, 4) is 0 Å². The molecule has 0 radical (unpaired) electrons. The molecule has 3 rings (SSSR count). The molecule has 124 valence electrons. The Balaban J connectivity index is 2.27. The van der Waals surface area contributed by atoms with Crippen LogP contribution in [-0.2, 0) is 5.41 Å². The molecule has 0 saturated carbocycles. The van der Waals surface area contributed by atoms with Gasteiger partial charge in [0.05, 0.1) is 22.0 Å². The summed E-state index contributed by atoms with van der Waals surface area (Å²) < 4.78 is 2.27. The molecule has 2 aromatic heterocycles. The number of aromatic nitrogens is 2. The molecule has 0 aliphatic heterocycles. The molecule has 0 amide bonds. The summed E-state index contributed by atoms with van der Waals surface area (Å²) in [4.78, 5) is 18.7. The molecule has 0 fully saturated rings. The molecular formula is C18H18BrN3OS. The zero-order chi connectivity index (χ0) is 17.5. The molecule has 1 aromatic carbocycles. The van der Waals surface area contributed by atoms with Crippen LogP contribution in [0.15, 0.2) is 44.0 Å². The van der Waals surface area contributed by atoms with Crippen molar-refractivity contribution in [3.63, 3.8) is 0 Å². The average Bonchev–Trinajstić information content (AvgIpc) is 2.91. The quantitative estimate of drug-likeness (QED) is 0.581. The Labute approximate surface area is 153 Å². The average molecular weight is 404 g/mol. The highest BCUT2D eigenvalue weighted by molar-refractivity contribution is 9.10. The maximum absolute atomic E-state index is 13.0. The Hall–Kier alpha value is -1.79. The number of hydrogen-bond donors (Lipinski definition) is 0. The largest absolute Gasteiger partial charge is 0.282 e. The molecule has 0 aliphatic rings. The number of aryl methyl sites for hydroxylation is 1. The molecule has 0 N–H and O–H groups in total. The molecule has 3 aromatic rings. The smallest absolute Gasteiger partial charge is 0.267 e. The predicted octanol–water partition coefficient (Wildman–Crippen LogP) is 4.71. The van der Waals surface area contributed by atoms with Crippen LogP contribution in [-0.4, -0.2) is 15.9 Å². The summed E-state index contributed by atoms with van der Waals surface area (Å²) in [6, 6.07) is 7.58. The minimum absolute atomic E-state index is 0.156. The van der Waals surface area contributed by atoms with Crippen LogP contribution in [0.5, 0.6) is 0 Å². The second kappa shape index (κ2) is 6.26. The van der Waals surface area contributed by atoms with Crippen molar-refractivity contribution in [3.05, 3.63) is 60.7 Å². The van der Waals surface area contributed by atoms with Crippen molar-refractivity contribution in [2.45, 2.75) is 33.1 Å². The van der Waals surface area contributed by atoms with E-state index in [1.807, 2.05) is 51.3 Å². The first kappa shape index (κ1) is 17.0. The van der Waals surface area contributed by atoms with E-state index in [0.717, 1.165) is 14.9 Å². The molecule has 2 heterocycles. The molecule has 0 unspecified atom stereocenters. The zero-order valence-electron chi connectivity index (χ0n) is 14.0. The summed E-state index contributed by atoms with van der Waals surface area (Å²) in [5, 5.41) is 7.03. The number of nitrogens with zero attached hydrogens (tertiary/aromatic N) is 3. The van der Waals surface area contributed by atoms with E-state index in [1.165, 1.54) is 4.68 Å². The van der Waals surface area contributed by atoms with Gasteiger partial charge in [-0.15, -0.1) is 11.3 Å². The van der Waals surface area contributed by atoms with Crippen LogP contribution in [0.1, 0.15) is 37.0 Å². The normalized spacial score (nSPS) is 12.4. The lowest BCUT2D eigenvalue weighted by molar-refractivity contribution is 0.506. The van der Waals surface area contributed by atoms with Crippen LogP contribution < -0.4 is 5.56 Å². The minimum Gasteiger partial charge on any atom is -0.267 e. The van der Waals surface area contributed by atoms with Gasteiger partial charge in [-0.1, -0.05) is 36.7 Å². The number of fused-ring (bicyclic) bond motifs is 1. The molecule has 6 heteroatoms. The van der Waals surface area contributed by atoms with Crippen LogP contribution in [0.2, 0.25) is 0 Å². The Morgan fingerprint density at radius 1 is 1.29 bits per heavy atom. The summed E-state index contributed by atoms with van der Waals surface area (Å²) in [7, 11) is 0. The van der Waals surface area contributed by atoms with E-state index in [0.29, 0.717) is 16.7 Å². The molecule has 4 nitrogen and oxygen atoms in total. The zero-order valence-corrected chi connectivity index (χ0v) is 16.4. The monoisotopic (exact) mass is 403 g/mol. The van der Waals surface area contributed by atoms with Gasteiger partial charge in [0, 0.05) is 9.89 Å². The molecule has 24 heavy (non-hydrogen) atoms.